The van der Waals surface area contributed by atoms with Gasteiger partial charge in [-0.1, -0.05) is 0 Å². The first-order chi connectivity index (χ1) is 9.95. The van der Waals surface area contributed by atoms with E-state index in [0.29, 0.717) is 11.6 Å². The van der Waals surface area contributed by atoms with E-state index in [2.05, 4.69) is 25.7 Å². The van der Waals surface area contributed by atoms with Crippen molar-refractivity contribution >= 4 is 17.6 Å². The van der Waals surface area contributed by atoms with Crippen molar-refractivity contribution in [3.63, 3.8) is 0 Å². The number of nitrogens with zero attached hydrogens (tertiary/aromatic N) is 4. The van der Waals surface area contributed by atoms with Crippen LogP contribution < -0.4 is 10.6 Å². The molecule has 0 atom stereocenters. The lowest BCUT2D eigenvalue weighted by Gasteiger charge is -2.07. The summed E-state index contributed by atoms with van der Waals surface area (Å²) < 4.78 is 1.67. The minimum atomic E-state index is -0.358. The summed E-state index contributed by atoms with van der Waals surface area (Å²) in [6.07, 6.45) is 1.35. The molecule has 0 unspecified atom stereocenters. The summed E-state index contributed by atoms with van der Waals surface area (Å²) in [5, 5.41) is 9.32. The van der Waals surface area contributed by atoms with E-state index < -0.39 is 0 Å². The van der Waals surface area contributed by atoms with Crippen molar-refractivity contribution in [2.45, 2.75) is 20.8 Å². The van der Waals surface area contributed by atoms with Gasteiger partial charge in [0.15, 0.2) is 5.82 Å². The summed E-state index contributed by atoms with van der Waals surface area (Å²) in [6, 6.07) is 3.54. The second-order valence-electron chi connectivity index (χ2n) is 4.56. The van der Waals surface area contributed by atoms with E-state index >= 15 is 0 Å². The molecule has 0 fully saturated rings. The molecule has 2 rings (SSSR count). The maximum Gasteiger partial charge on any atom is 0.244 e. The first kappa shape index (κ1) is 14.6. The van der Waals surface area contributed by atoms with Gasteiger partial charge in [-0.15, -0.1) is 0 Å². The van der Waals surface area contributed by atoms with Gasteiger partial charge in [-0.2, -0.15) is 5.10 Å². The zero-order valence-electron chi connectivity index (χ0n) is 12.0. The SMILES string of the molecule is CC(=O)NCC(=O)Nc1cc(-n2nc(C)cc2C)ncn1. The predicted octanol–water partition coefficient (Wildman–Crippen LogP) is 0.354. The number of rotatable bonds is 4. The number of amides is 2. The van der Waals surface area contributed by atoms with Gasteiger partial charge in [0.1, 0.15) is 12.1 Å². The Morgan fingerprint density at radius 1 is 1.24 bits per heavy atom. The van der Waals surface area contributed by atoms with Crippen molar-refractivity contribution in [1.82, 2.24) is 25.1 Å². The molecular weight excluding hydrogens is 272 g/mol. The Hall–Kier alpha value is -2.77. The number of aryl methyl sites for hydroxylation is 2. The first-order valence-corrected chi connectivity index (χ1v) is 6.35. The number of aromatic nitrogens is 4. The number of anilines is 1. The van der Waals surface area contributed by atoms with Crippen LogP contribution >= 0.6 is 0 Å². The average molecular weight is 288 g/mol. The number of hydrogen-bond acceptors (Lipinski definition) is 5. The van der Waals surface area contributed by atoms with E-state index in [1.165, 1.54) is 13.3 Å². The van der Waals surface area contributed by atoms with E-state index in [-0.39, 0.29) is 18.4 Å². The Morgan fingerprint density at radius 2 is 2.00 bits per heavy atom. The van der Waals surface area contributed by atoms with Crippen LogP contribution in [0.25, 0.3) is 5.82 Å². The van der Waals surface area contributed by atoms with Crippen LogP contribution in [0.1, 0.15) is 18.3 Å². The maximum absolute atomic E-state index is 11.6. The molecule has 2 aromatic heterocycles. The fraction of sp³-hybridized carbons (Fsp3) is 0.308. The molecule has 8 heteroatoms. The van der Waals surface area contributed by atoms with Gasteiger partial charge in [0.2, 0.25) is 11.8 Å². The summed E-state index contributed by atoms with van der Waals surface area (Å²) in [5.41, 5.74) is 1.81. The second kappa shape index (κ2) is 6.12. The van der Waals surface area contributed by atoms with E-state index in [0.717, 1.165) is 11.4 Å². The highest BCUT2D eigenvalue weighted by atomic mass is 16.2. The molecule has 110 valence electrons. The van der Waals surface area contributed by atoms with Crippen LogP contribution in [0.4, 0.5) is 5.82 Å². The fourth-order valence-electron chi connectivity index (χ4n) is 1.78. The van der Waals surface area contributed by atoms with Crippen molar-refractivity contribution in [3.8, 4) is 5.82 Å². The Labute approximate surface area is 121 Å². The lowest BCUT2D eigenvalue weighted by atomic mass is 10.4. The molecule has 21 heavy (non-hydrogen) atoms. The zero-order valence-corrected chi connectivity index (χ0v) is 12.0. The molecular formula is C13H16N6O2. The van der Waals surface area contributed by atoms with Crippen molar-refractivity contribution in [2.24, 2.45) is 0 Å². The normalized spacial score (nSPS) is 10.2. The molecule has 2 aromatic rings. The minimum Gasteiger partial charge on any atom is -0.347 e. The van der Waals surface area contributed by atoms with Crippen LogP contribution in [0.2, 0.25) is 0 Å². The van der Waals surface area contributed by atoms with Gasteiger partial charge in [0.05, 0.1) is 12.2 Å². The summed E-state index contributed by atoms with van der Waals surface area (Å²) in [6.45, 7) is 5.05. The Kier molecular flexibility index (Phi) is 4.27. The van der Waals surface area contributed by atoms with Gasteiger partial charge < -0.3 is 10.6 Å². The van der Waals surface area contributed by atoms with Gasteiger partial charge in [0.25, 0.3) is 0 Å². The smallest absolute Gasteiger partial charge is 0.244 e. The van der Waals surface area contributed by atoms with Gasteiger partial charge in [-0.05, 0) is 19.9 Å². The Bertz CT molecular complexity index is 679. The van der Waals surface area contributed by atoms with Crippen molar-refractivity contribution in [1.29, 1.82) is 0 Å². The molecule has 8 nitrogen and oxygen atoms in total. The van der Waals surface area contributed by atoms with Gasteiger partial charge >= 0.3 is 0 Å². The molecule has 0 spiro atoms. The quantitative estimate of drug-likeness (QED) is 0.845. The fourth-order valence-corrected chi connectivity index (χ4v) is 1.78. The highest BCUT2D eigenvalue weighted by Crippen LogP contribution is 2.12. The molecule has 0 aliphatic rings. The topological polar surface area (TPSA) is 102 Å². The summed E-state index contributed by atoms with van der Waals surface area (Å²) >= 11 is 0. The molecule has 2 amide bonds. The molecule has 0 aliphatic carbocycles. The van der Waals surface area contributed by atoms with Crippen molar-refractivity contribution in [2.75, 3.05) is 11.9 Å². The lowest BCUT2D eigenvalue weighted by Crippen LogP contribution is -2.31. The van der Waals surface area contributed by atoms with E-state index in [4.69, 9.17) is 0 Å². The number of carbonyl (C=O) groups excluding carboxylic acids is 2. The van der Waals surface area contributed by atoms with E-state index in [1.54, 1.807) is 10.7 Å². The second-order valence-corrected chi connectivity index (χ2v) is 4.56. The minimum absolute atomic E-state index is 0.103. The van der Waals surface area contributed by atoms with E-state index in [9.17, 15) is 9.59 Å². The Balaban J connectivity index is 2.13. The van der Waals surface area contributed by atoms with Crippen LogP contribution in [0.3, 0.4) is 0 Å². The van der Waals surface area contributed by atoms with Gasteiger partial charge in [0, 0.05) is 18.7 Å². The zero-order chi connectivity index (χ0) is 15.4. The molecule has 0 aromatic carbocycles. The standard InChI is InChI=1S/C13H16N6O2/c1-8-4-9(2)19(18-8)12-5-11(15-7-16-12)17-13(21)6-14-10(3)20/h4-5,7H,6H2,1-3H3,(H,14,20)(H,15,16,17,21). The summed E-state index contributed by atoms with van der Waals surface area (Å²) in [7, 11) is 0. The number of carbonyl (C=O) groups is 2. The molecule has 0 radical (unpaired) electrons. The van der Waals surface area contributed by atoms with Crippen LogP contribution in [0.15, 0.2) is 18.5 Å². The lowest BCUT2D eigenvalue weighted by molar-refractivity contribution is -0.122. The summed E-state index contributed by atoms with van der Waals surface area (Å²) in [5.74, 6) is 0.285. The highest BCUT2D eigenvalue weighted by molar-refractivity contribution is 5.93. The van der Waals surface area contributed by atoms with Crippen molar-refractivity contribution < 1.29 is 9.59 Å². The largest absolute Gasteiger partial charge is 0.347 e. The molecule has 2 heterocycles. The maximum atomic E-state index is 11.6. The van der Waals surface area contributed by atoms with Gasteiger partial charge in [-0.3, -0.25) is 9.59 Å². The average Bonchev–Trinajstić information content (AvgIpc) is 2.76. The highest BCUT2D eigenvalue weighted by Gasteiger charge is 2.08. The number of nitrogens with one attached hydrogen (secondary N) is 2. The molecule has 0 aliphatic heterocycles. The van der Waals surface area contributed by atoms with Crippen LogP contribution in [-0.4, -0.2) is 38.1 Å². The van der Waals surface area contributed by atoms with Gasteiger partial charge in [-0.25, -0.2) is 14.6 Å². The third-order valence-corrected chi connectivity index (χ3v) is 2.64. The predicted molar refractivity (Wildman–Crippen MR) is 75.9 cm³/mol. The Morgan fingerprint density at radius 3 is 2.62 bits per heavy atom. The third-order valence-electron chi connectivity index (χ3n) is 2.64. The molecule has 2 N–H and O–H groups in total. The third kappa shape index (κ3) is 3.85. The summed E-state index contributed by atoms with van der Waals surface area (Å²) in [4.78, 5) is 30.5. The molecule has 0 saturated carbocycles. The monoisotopic (exact) mass is 288 g/mol. The molecule has 0 bridgehead atoms. The van der Waals surface area contributed by atoms with Crippen LogP contribution in [0, 0.1) is 13.8 Å². The van der Waals surface area contributed by atoms with Crippen LogP contribution in [-0.2, 0) is 9.59 Å². The first-order valence-electron chi connectivity index (χ1n) is 6.35. The van der Waals surface area contributed by atoms with E-state index in [1.807, 2.05) is 19.9 Å². The molecule has 0 saturated heterocycles. The van der Waals surface area contributed by atoms with Crippen LogP contribution in [0.5, 0.6) is 0 Å². The van der Waals surface area contributed by atoms with Crippen molar-refractivity contribution in [3.05, 3.63) is 29.8 Å². The number of hydrogen-bond donors (Lipinski definition) is 2.